The first kappa shape index (κ1) is 11.2. The predicted octanol–water partition coefficient (Wildman–Crippen LogP) is 0.628. The van der Waals surface area contributed by atoms with E-state index in [4.69, 9.17) is 0 Å². The van der Waals surface area contributed by atoms with E-state index in [1.54, 1.807) is 27.0 Å². The number of sulfonamides is 1. The Labute approximate surface area is 84.0 Å². The lowest BCUT2D eigenvalue weighted by molar-refractivity contribution is 0.544. The lowest BCUT2D eigenvalue weighted by Gasteiger charge is -2.19. The molecule has 1 heterocycles. The van der Waals surface area contributed by atoms with Crippen LogP contribution in [0.2, 0.25) is 0 Å². The summed E-state index contributed by atoms with van der Waals surface area (Å²) in [6, 6.07) is 0. The molecule has 0 bridgehead atoms. The van der Waals surface area contributed by atoms with Crippen LogP contribution in [0.1, 0.15) is 26.5 Å². The van der Waals surface area contributed by atoms with Crippen molar-refractivity contribution in [2.75, 3.05) is 0 Å². The van der Waals surface area contributed by atoms with E-state index in [9.17, 15) is 8.42 Å². The molecule has 14 heavy (non-hydrogen) atoms. The minimum Gasteiger partial charge on any atom is -0.347 e. The van der Waals surface area contributed by atoms with Crippen molar-refractivity contribution in [2.45, 2.75) is 32.1 Å². The molecule has 0 aliphatic heterocycles. The van der Waals surface area contributed by atoms with Gasteiger partial charge in [-0.25, -0.2) is 18.1 Å². The fourth-order valence-corrected chi connectivity index (χ4v) is 1.55. The van der Waals surface area contributed by atoms with E-state index >= 15 is 0 Å². The van der Waals surface area contributed by atoms with Crippen LogP contribution < -0.4 is 4.72 Å². The summed E-state index contributed by atoms with van der Waals surface area (Å²) in [7, 11) is -3.27. The first-order valence-corrected chi connectivity index (χ1v) is 5.78. The molecule has 1 aromatic rings. The number of rotatable bonds is 3. The Morgan fingerprint density at radius 1 is 1.50 bits per heavy atom. The van der Waals surface area contributed by atoms with Crippen LogP contribution in [0.15, 0.2) is 12.5 Å². The Hall–Kier alpha value is -0.880. The molecule has 0 spiro atoms. The molecule has 80 valence electrons. The molecule has 0 radical (unpaired) electrons. The Kier molecular flexibility index (Phi) is 2.96. The van der Waals surface area contributed by atoms with Crippen LogP contribution in [0, 0.1) is 0 Å². The molecule has 1 aromatic heterocycles. The zero-order valence-corrected chi connectivity index (χ0v) is 9.35. The van der Waals surface area contributed by atoms with Gasteiger partial charge in [-0.15, -0.1) is 0 Å². The average Bonchev–Trinajstić information content (AvgIpc) is 2.50. The molecule has 0 aliphatic carbocycles. The van der Waals surface area contributed by atoms with Crippen LogP contribution in [0.4, 0.5) is 0 Å². The van der Waals surface area contributed by atoms with Crippen molar-refractivity contribution in [3.63, 3.8) is 0 Å². The largest absolute Gasteiger partial charge is 0.347 e. The smallest absolute Gasteiger partial charge is 0.216 e. The minimum atomic E-state index is -3.27. The molecule has 0 aromatic carbocycles. The highest BCUT2D eigenvalue weighted by Crippen LogP contribution is 2.13. The van der Waals surface area contributed by atoms with Crippen molar-refractivity contribution >= 4 is 10.0 Å². The summed E-state index contributed by atoms with van der Waals surface area (Å²) in [4.78, 5) is 6.62. The van der Waals surface area contributed by atoms with E-state index in [1.165, 1.54) is 6.33 Å². The highest BCUT2D eigenvalue weighted by molar-refractivity contribution is 7.90. The van der Waals surface area contributed by atoms with Crippen molar-refractivity contribution in [2.24, 2.45) is 0 Å². The summed E-state index contributed by atoms with van der Waals surface area (Å²) in [5, 5.41) is 0. The normalized spacial score (nSPS) is 13.1. The fraction of sp³-hybridized carbons (Fsp3) is 0.625. The molecular formula is C8H15N3O2S. The third-order valence-corrected chi connectivity index (χ3v) is 3.95. The van der Waals surface area contributed by atoms with Crippen LogP contribution in [-0.2, 0) is 16.6 Å². The van der Waals surface area contributed by atoms with Gasteiger partial charge in [0.2, 0.25) is 10.0 Å². The van der Waals surface area contributed by atoms with Crippen LogP contribution in [-0.4, -0.2) is 23.1 Å². The summed E-state index contributed by atoms with van der Waals surface area (Å²) in [5.41, 5.74) is 0.748. The molecule has 0 atom stereocenters. The van der Waals surface area contributed by atoms with Crippen LogP contribution in [0.3, 0.4) is 0 Å². The van der Waals surface area contributed by atoms with E-state index in [0.717, 1.165) is 5.69 Å². The SMILES string of the molecule is CC(C)(C)S(=O)(=O)NCc1cnc[nH]1. The van der Waals surface area contributed by atoms with Gasteiger partial charge < -0.3 is 4.98 Å². The fourth-order valence-electron chi connectivity index (χ4n) is 0.771. The summed E-state index contributed by atoms with van der Waals surface area (Å²) in [6.07, 6.45) is 3.10. The minimum absolute atomic E-state index is 0.250. The summed E-state index contributed by atoms with van der Waals surface area (Å²) >= 11 is 0. The second-order valence-electron chi connectivity index (χ2n) is 4.01. The Balaban J connectivity index is 2.63. The van der Waals surface area contributed by atoms with Crippen LogP contribution in [0.25, 0.3) is 0 Å². The Morgan fingerprint density at radius 3 is 2.57 bits per heavy atom. The summed E-state index contributed by atoms with van der Waals surface area (Å²) in [6.45, 7) is 5.21. The molecule has 6 heteroatoms. The number of H-pyrrole nitrogens is 1. The number of aromatic amines is 1. The molecule has 0 saturated heterocycles. The van der Waals surface area contributed by atoms with Crippen LogP contribution >= 0.6 is 0 Å². The van der Waals surface area contributed by atoms with E-state index < -0.39 is 14.8 Å². The molecule has 0 fully saturated rings. The van der Waals surface area contributed by atoms with E-state index in [1.807, 2.05) is 0 Å². The average molecular weight is 217 g/mol. The van der Waals surface area contributed by atoms with Gasteiger partial charge in [0, 0.05) is 11.9 Å². The van der Waals surface area contributed by atoms with Gasteiger partial charge in [-0.2, -0.15) is 0 Å². The Morgan fingerprint density at radius 2 is 2.14 bits per heavy atom. The predicted molar refractivity (Wildman–Crippen MR) is 54.1 cm³/mol. The molecule has 0 unspecified atom stereocenters. The number of aromatic nitrogens is 2. The maximum Gasteiger partial charge on any atom is 0.216 e. The lowest BCUT2D eigenvalue weighted by atomic mass is 10.3. The lowest BCUT2D eigenvalue weighted by Crippen LogP contribution is -2.38. The first-order chi connectivity index (χ1) is 6.33. The van der Waals surface area contributed by atoms with Gasteiger partial charge in [0.25, 0.3) is 0 Å². The molecule has 0 amide bonds. The van der Waals surface area contributed by atoms with Gasteiger partial charge in [-0.1, -0.05) is 0 Å². The third-order valence-electron chi connectivity index (χ3n) is 1.81. The molecule has 5 nitrogen and oxygen atoms in total. The zero-order chi connectivity index (χ0) is 10.8. The second kappa shape index (κ2) is 3.70. The number of hydrogen-bond acceptors (Lipinski definition) is 3. The molecule has 1 rings (SSSR count). The van der Waals surface area contributed by atoms with E-state index in [2.05, 4.69) is 14.7 Å². The summed E-state index contributed by atoms with van der Waals surface area (Å²) in [5.74, 6) is 0. The Bertz CT molecular complexity index is 375. The molecular weight excluding hydrogens is 202 g/mol. The van der Waals surface area contributed by atoms with Gasteiger partial charge in [-0.05, 0) is 20.8 Å². The topological polar surface area (TPSA) is 74.8 Å². The maximum absolute atomic E-state index is 11.6. The van der Waals surface area contributed by atoms with E-state index in [-0.39, 0.29) is 6.54 Å². The number of nitrogens with one attached hydrogen (secondary N) is 2. The van der Waals surface area contributed by atoms with Crippen molar-refractivity contribution in [3.05, 3.63) is 18.2 Å². The van der Waals surface area contributed by atoms with Gasteiger partial charge in [0.05, 0.1) is 17.6 Å². The standard InChI is InChI=1S/C8H15N3O2S/c1-8(2,3)14(12,13)11-5-7-4-9-6-10-7/h4,6,11H,5H2,1-3H3,(H,9,10). The van der Waals surface area contributed by atoms with Gasteiger partial charge >= 0.3 is 0 Å². The first-order valence-electron chi connectivity index (χ1n) is 4.29. The number of nitrogens with zero attached hydrogens (tertiary/aromatic N) is 1. The van der Waals surface area contributed by atoms with Crippen molar-refractivity contribution < 1.29 is 8.42 Å². The maximum atomic E-state index is 11.6. The van der Waals surface area contributed by atoms with E-state index in [0.29, 0.717) is 0 Å². The highest BCUT2D eigenvalue weighted by Gasteiger charge is 2.28. The third kappa shape index (κ3) is 2.55. The number of imidazole rings is 1. The van der Waals surface area contributed by atoms with Gasteiger partial charge in [-0.3, -0.25) is 0 Å². The highest BCUT2D eigenvalue weighted by atomic mass is 32.2. The van der Waals surface area contributed by atoms with Gasteiger partial charge in [0.1, 0.15) is 0 Å². The van der Waals surface area contributed by atoms with Crippen molar-refractivity contribution in [1.82, 2.24) is 14.7 Å². The molecule has 0 aliphatic rings. The monoisotopic (exact) mass is 217 g/mol. The van der Waals surface area contributed by atoms with Crippen LogP contribution in [0.5, 0.6) is 0 Å². The molecule has 0 saturated carbocycles. The zero-order valence-electron chi connectivity index (χ0n) is 8.53. The summed E-state index contributed by atoms with van der Waals surface area (Å²) < 4.78 is 24.9. The van der Waals surface area contributed by atoms with Gasteiger partial charge in [0.15, 0.2) is 0 Å². The quantitative estimate of drug-likeness (QED) is 0.779. The number of hydrogen-bond donors (Lipinski definition) is 2. The van der Waals surface area contributed by atoms with Crippen molar-refractivity contribution in [3.8, 4) is 0 Å². The molecule has 2 N–H and O–H groups in total. The van der Waals surface area contributed by atoms with Crippen molar-refractivity contribution in [1.29, 1.82) is 0 Å². The second-order valence-corrected chi connectivity index (χ2v) is 6.53.